The summed E-state index contributed by atoms with van der Waals surface area (Å²) in [6.07, 6.45) is 4.28. The van der Waals surface area contributed by atoms with Crippen molar-refractivity contribution < 1.29 is 13.2 Å². The summed E-state index contributed by atoms with van der Waals surface area (Å²) >= 11 is 0. The van der Waals surface area contributed by atoms with Crippen molar-refractivity contribution in [1.29, 1.82) is 0 Å². The fourth-order valence-corrected chi connectivity index (χ4v) is 5.81. The summed E-state index contributed by atoms with van der Waals surface area (Å²) in [5.74, 6) is 1.84. The number of anilines is 4. The number of rotatable bonds is 10. The van der Waals surface area contributed by atoms with E-state index in [4.69, 9.17) is 4.74 Å². The highest BCUT2D eigenvalue weighted by Gasteiger charge is 2.23. The molecule has 0 aliphatic carbocycles. The molecule has 2 aromatic carbocycles. The van der Waals surface area contributed by atoms with Gasteiger partial charge in [0, 0.05) is 35.2 Å². The van der Waals surface area contributed by atoms with E-state index in [0.29, 0.717) is 24.1 Å². The number of hydrogen-bond acceptors (Lipinski definition) is 8. The monoisotopic (exact) mass is 538 g/mol. The van der Waals surface area contributed by atoms with E-state index in [1.807, 2.05) is 65.0 Å². The van der Waals surface area contributed by atoms with Crippen LogP contribution in [0.1, 0.15) is 44.7 Å². The van der Waals surface area contributed by atoms with Gasteiger partial charge in [0.1, 0.15) is 18.2 Å². The van der Waals surface area contributed by atoms with Gasteiger partial charge in [-0.05, 0) is 109 Å². The molecular weight excluding hydrogens is 500 g/mol. The Morgan fingerprint density at radius 1 is 0.974 bits per heavy atom. The summed E-state index contributed by atoms with van der Waals surface area (Å²) in [6.45, 7) is 13.2. The van der Waals surface area contributed by atoms with Crippen LogP contribution in [0.2, 0.25) is 0 Å². The lowest BCUT2D eigenvalue weighted by atomic mass is 10.1. The largest absolute Gasteiger partial charge is 0.492 e. The van der Waals surface area contributed by atoms with Gasteiger partial charge in [-0.3, -0.25) is 4.90 Å². The molecule has 0 bridgehead atoms. The number of aromatic nitrogens is 2. The quantitative estimate of drug-likeness (QED) is 0.326. The standard InChI is InChI=1S/C28H38N6O3S/c1-20-16-23(18-25(17-20)38(35,36)33-28(3,4)5)30-26-21(2)19-29-27(32-26)31-22-8-10-24(11-9-22)37-15-14-34-12-6-7-13-34/h8-11,16-19,33H,6-7,12-15H2,1-5H3,(H2,29,30,31,32). The zero-order valence-electron chi connectivity index (χ0n) is 22.8. The van der Waals surface area contributed by atoms with Gasteiger partial charge < -0.3 is 15.4 Å². The third-order valence-corrected chi connectivity index (χ3v) is 7.76. The van der Waals surface area contributed by atoms with Crippen LogP contribution in [0, 0.1) is 13.8 Å². The minimum atomic E-state index is -3.68. The smallest absolute Gasteiger partial charge is 0.241 e. The predicted molar refractivity (Wildman–Crippen MR) is 152 cm³/mol. The van der Waals surface area contributed by atoms with Crippen LogP contribution in [0.4, 0.5) is 23.1 Å². The van der Waals surface area contributed by atoms with Crippen molar-refractivity contribution in [1.82, 2.24) is 19.6 Å². The average molecular weight is 539 g/mol. The number of ether oxygens (including phenoxy) is 1. The third-order valence-electron chi connectivity index (χ3n) is 6.02. The van der Waals surface area contributed by atoms with Gasteiger partial charge in [-0.1, -0.05) is 0 Å². The molecule has 2 heterocycles. The summed E-state index contributed by atoms with van der Waals surface area (Å²) in [5, 5.41) is 6.49. The fourth-order valence-electron chi connectivity index (χ4n) is 4.27. The van der Waals surface area contributed by atoms with E-state index in [9.17, 15) is 8.42 Å². The highest BCUT2D eigenvalue weighted by atomic mass is 32.2. The first-order valence-corrected chi connectivity index (χ1v) is 14.4. The van der Waals surface area contributed by atoms with E-state index in [2.05, 4.69) is 30.2 Å². The van der Waals surface area contributed by atoms with Crippen molar-refractivity contribution in [2.24, 2.45) is 0 Å². The molecule has 1 fully saturated rings. The molecule has 4 rings (SSSR count). The molecule has 0 radical (unpaired) electrons. The Morgan fingerprint density at radius 3 is 2.37 bits per heavy atom. The van der Waals surface area contributed by atoms with Crippen molar-refractivity contribution in [3.8, 4) is 5.75 Å². The molecule has 3 aromatic rings. The lowest BCUT2D eigenvalue weighted by Gasteiger charge is -2.21. The number of aryl methyl sites for hydroxylation is 2. The van der Waals surface area contributed by atoms with Gasteiger partial charge in [-0.25, -0.2) is 18.1 Å². The highest BCUT2D eigenvalue weighted by Crippen LogP contribution is 2.25. The molecule has 1 saturated heterocycles. The Labute approximate surface area is 226 Å². The van der Waals surface area contributed by atoms with Crippen molar-refractivity contribution >= 4 is 33.2 Å². The Hall–Kier alpha value is -3.21. The lowest BCUT2D eigenvalue weighted by molar-refractivity contribution is 0.238. The molecule has 1 aliphatic rings. The Kier molecular flexibility index (Phi) is 8.54. The number of hydrogen-bond donors (Lipinski definition) is 3. The minimum absolute atomic E-state index is 0.197. The second-order valence-corrected chi connectivity index (χ2v) is 12.5. The van der Waals surface area contributed by atoms with E-state index >= 15 is 0 Å². The van der Waals surface area contributed by atoms with E-state index in [1.165, 1.54) is 12.8 Å². The summed E-state index contributed by atoms with van der Waals surface area (Å²) in [5.41, 5.74) is 2.53. The third kappa shape index (κ3) is 7.89. The van der Waals surface area contributed by atoms with Crippen LogP contribution in [-0.4, -0.2) is 55.1 Å². The van der Waals surface area contributed by atoms with Crippen LogP contribution in [-0.2, 0) is 10.0 Å². The highest BCUT2D eigenvalue weighted by molar-refractivity contribution is 7.89. The Morgan fingerprint density at radius 2 is 1.68 bits per heavy atom. The molecule has 1 aliphatic heterocycles. The fraction of sp³-hybridized carbons (Fsp3) is 0.429. The number of likely N-dealkylation sites (tertiary alicyclic amines) is 1. The van der Waals surface area contributed by atoms with Crippen molar-refractivity contribution in [2.45, 2.75) is 57.9 Å². The lowest BCUT2D eigenvalue weighted by Crippen LogP contribution is -2.40. The normalized spacial score (nSPS) is 14.4. The maximum Gasteiger partial charge on any atom is 0.241 e. The first-order chi connectivity index (χ1) is 18.0. The Bertz CT molecular complexity index is 1350. The maximum atomic E-state index is 12.9. The summed E-state index contributed by atoms with van der Waals surface area (Å²) in [4.78, 5) is 11.6. The van der Waals surface area contributed by atoms with Gasteiger partial charge in [0.15, 0.2) is 0 Å². The topological polar surface area (TPSA) is 108 Å². The molecule has 10 heteroatoms. The van der Waals surface area contributed by atoms with Crippen molar-refractivity contribution in [2.75, 3.05) is 36.9 Å². The first-order valence-electron chi connectivity index (χ1n) is 13.0. The molecule has 0 unspecified atom stereocenters. The second kappa shape index (κ2) is 11.7. The van der Waals surface area contributed by atoms with E-state index in [-0.39, 0.29) is 4.90 Å². The van der Waals surface area contributed by atoms with Crippen LogP contribution < -0.4 is 20.1 Å². The van der Waals surface area contributed by atoms with Gasteiger partial charge in [-0.15, -0.1) is 0 Å². The van der Waals surface area contributed by atoms with Gasteiger partial charge in [-0.2, -0.15) is 4.98 Å². The molecule has 204 valence electrons. The van der Waals surface area contributed by atoms with E-state index in [1.54, 1.807) is 18.3 Å². The summed E-state index contributed by atoms with van der Waals surface area (Å²) in [6, 6.07) is 12.9. The number of nitrogens with zero attached hydrogens (tertiary/aromatic N) is 3. The van der Waals surface area contributed by atoms with Gasteiger partial charge in [0.25, 0.3) is 0 Å². The molecule has 0 amide bonds. The van der Waals surface area contributed by atoms with Gasteiger partial charge in [0.05, 0.1) is 4.90 Å². The second-order valence-electron chi connectivity index (χ2n) is 10.8. The number of sulfonamides is 1. The van der Waals surface area contributed by atoms with Gasteiger partial charge in [0.2, 0.25) is 16.0 Å². The predicted octanol–water partition coefficient (Wildman–Crippen LogP) is 5.13. The zero-order chi connectivity index (χ0) is 27.3. The summed E-state index contributed by atoms with van der Waals surface area (Å²) < 4.78 is 34.4. The van der Waals surface area contributed by atoms with Crippen molar-refractivity contribution in [3.05, 3.63) is 59.8 Å². The number of nitrogens with one attached hydrogen (secondary N) is 3. The zero-order valence-corrected chi connectivity index (χ0v) is 23.7. The molecule has 38 heavy (non-hydrogen) atoms. The van der Waals surface area contributed by atoms with Crippen LogP contribution in [0.5, 0.6) is 5.75 Å². The van der Waals surface area contributed by atoms with Gasteiger partial charge >= 0.3 is 0 Å². The molecule has 9 nitrogen and oxygen atoms in total. The molecule has 3 N–H and O–H groups in total. The van der Waals surface area contributed by atoms with Crippen LogP contribution in [0.3, 0.4) is 0 Å². The maximum absolute atomic E-state index is 12.9. The molecule has 0 saturated carbocycles. The molecule has 0 spiro atoms. The molecular formula is C28H38N6O3S. The minimum Gasteiger partial charge on any atom is -0.492 e. The molecule has 0 atom stereocenters. The van der Waals surface area contributed by atoms with Crippen LogP contribution in [0.25, 0.3) is 0 Å². The molecule has 1 aromatic heterocycles. The Balaban J connectivity index is 1.42. The van der Waals surface area contributed by atoms with Crippen LogP contribution >= 0.6 is 0 Å². The van der Waals surface area contributed by atoms with Crippen LogP contribution in [0.15, 0.2) is 53.6 Å². The number of benzene rings is 2. The van der Waals surface area contributed by atoms with Crippen molar-refractivity contribution in [3.63, 3.8) is 0 Å². The first kappa shape index (κ1) is 27.8. The summed E-state index contributed by atoms with van der Waals surface area (Å²) in [7, 11) is -3.68. The van der Waals surface area contributed by atoms with E-state index < -0.39 is 15.6 Å². The SMILES string of the molecule is Cc1cc(Nc2nc(Nc3ccc(OCCN4CCCC4)cc3)ncc2C)cc(S(=O)(=O)NC(C)(C)C)c1. The average Bonchev–Trinajstić information content (AvgIpc) is 3.34. The van der Waals surface area contributed by atoms with E-state index in [0.717, 1.165) is 42.2 Å².